The van der Waals surface area contributed by atoms with Crippen LogP contribution in [0.15, 0.2) is 83.8 Å². The molecule has 32 heavy (non-hydrogen) atoms. The summed E-state index contributed by atoms with van der Waals surface area (Å²) in [6, 6.07) is 21.7. The summed E-state index contributed by atoms with van der Waals surface area (Å²) in [6.07, 6.45) is 0. The highest BCUT2D eigenvalue weighted by molar-refractivity contribution is 7.89. The van der Waals surface area contributed by atoms with Crippen molar-refractivity contribution in [2.45, 2.75) is 31.4 Å². The average Bonchev–Trinajstić information content (AvgIpc) is 2.79. The molecule has 168 valence electrons. The standard InChI is InChI=1S/C24H26N2O5S/c1-3-30-21-13-15-23(16-14-21)32(28,29)26-18(2)24(27)25-20-9-11-22(12-10-20)31-17-19-7-5-4-6-8-19/h4-16,18,26H,3,17H2,1-2H3,(H,25,27)/t18-/m1/s1. The van der Waals surface area contributed by atoms with Gasteiger partial charge in [0, 0.05) is 5.69 Å². The fourth-order valence-electron chi connectivity index (χ4n) is 2.86. The fourth-order valence-corrected chi connectivity index (χ4v) is 4.06. The molecule has 0 aliphatic rings. The number of hydrogen-bond acceptors (Lipinski definition) is 5. The predicted octanol–water partition coefficient (Wildman–Crippen LogP) is 3.97. The van der Waals surface area contributed by atoms with E-state index in [1.165, 1.54) is 19.1 Å². The Morgan fingerprint density at radius 3 is 2.09 bits per heavy atom. The summed E-state index contributed by atoms with van der Waals surface area (Å²) in [5.74, 6) is 0.766. The molecule has 1 amide bonds. The molecular formula is C24H26N2O5S. The first-order chi connectivity index (χ1) is 15.4. The zero-order chi connectivity index (χ0) is 23.0. The first-order valence-electron chi connectivity index (χ1n) is 10.2. The van der Waals surface area contributed by atoms with Crippen LogP contribution >= 0.6 is 0 Å². The van der Waals surface area contributed by atoms with Gasteiger partial charge in [-0.25, -0.2) is 8.42 Å². The van der Waals surface area contributed by atoms with Gasteiger partial charge in [0.15, 0.2) is 0 Å². The third-order valence-electron chi connectivity index (χ3n) is 4.54. The summed E-state index contributed by atoms with van der Waals surface area (Å²) < 4.78 is 38.5. The second kappa shape index (κ2) is 10.8. The normalized spacial score (nSPS) is 12.1. The van der Waals surface area contributed by atoms with E-state index in [-0.39, 0.29) is 4.90 Å². The van der Waals surface area contributed by atoms with Crippen LogP contribution in [0.2, 0.25) is 0 Å². The molecule has 2 N–H and O–H groups in total. The third kappa shape index (κ3) is 6.57. The molecule has 1 atom stereocenters. The van der Waals surface area contributed by atoms with Crippen LogP contribution in [0.5, 0.6) is 11.5 Å². The Balaban J connectivity index is 1.54. The van der Waals surface area contributed by atoms with Crippen molar-refractivity contribution in [3.8, 4) is 11.5 Å². The van der Waals surface area contributed by atoms with Crippen molar-refractivity contribution >= 4 is 21.6 Å². The van der Waals surface area contributed by atoms with Gasteiger partial charge in [-0.1, -0.05) is 30.3 Å². The van der Waals surface area contributed by atoms with Gasteiger partial charge in [0.2, 0.25) is 15.9 Å². The molecule has 0 bridgehead atoms. The van der Waals surface area contributed by atoms with Crippen LogP contribution in [0.1, 0.15) is 19.4 Å². The molecule has 0 unspecified atom stereocenters. The SMILES string of the molecule is CCOc1ccc(S(=O)(=O)N[C@H](C)C(=O)Nc2ccc(OCc3ccccc3)cc2)cc1. The monoisotopic (exact) mass is 454 g/mol. The van der Waals surface area contributed by atoms with Crippen molar-refractivity contribution in [1.82, 2.24) is 4.72 Å². The molecule has 0 spiro atoms. The fraction of sp³-hybridized carbons (Fsp3) is 0.208. The maximum absolute atomic E-state index is 12.6. The van der Waals surface area contributed by atoms with Crippen LogP contribution in [0.25, 0.3) is 0 Å². The van der Waals surface area contributed by atoms with Gasteiger partial charge in [-0.2, -0.15) is 4.72 Å². The van der Waals surface area contributed by atoms with E-state index >= 15 is 0 Å². The van der Waals surface area contributed by atoms with Crippen LogP contribution in [0.3, 0.4) is 0 Å². The first kappa shape index (κ1) is 23.3. The van der Waals surface area contributed by atoms with Gasteiger partial charge in [-0.3, -0.25) is 4.79 Å². The zero-order valence-corrected chi connectivity index (χ0v) is 18.8. The largest absolute Gasteiger partial charge is 0.494 e. The maximum atomic E-state index is 12.6. The number of amides is 1. The van der Waals surface area contributed by atoms with Crippen molar-refractivity contribution in [3.05, 3.63) is 84.4 Å². The number of anilines is 1. The third-order valence-corrected chi connectivity index (χ3v) is 6.10. The van der Waals surface area contributed by atoms with Gasteiger partial charge in [0.25, 0.3) is 0 Å². The van der Waals surface area contributed by atoms with Gasteiger partial charge >= 0.3 is 0 Å². The Morgan fingerprint density at radius 2 is 1.47 bits per heavy atom. The molecule has 0 fully saturated rings. The Bertz CT molecular complexity index is 1120. The van der Waals surface area contributed by atoms with Gasteiger partial charge in [-0.05, 0) is 67.9 Å². The van der Waals surface area contributed by atoms with E-state index in [2.05, 4.69) is 10.0 Å². The van der Waals surface area contributed by atoms with Crippen molar-refractivity contribution in [2.75, 3.05) is 11.9 Å². The Morgan fingerprint density at radius 1 is 0.875 bits per heavy atom. The Hall–Kier alpha value is -3.36. The van der Waals surface area contributed by atoms with Crippen LogP contribution in [-0.4, -0.2) is 27.0 Å². The lowest BCUT2D eigenvalue weighted by molar-refractivity contribution is -0.117. The molecule has 8 heteroatoms. The molecule has 3 rings (SSSR count). The highest BCUT2D eigenvalue weighted by Gasteiger charge is 2.22. The molecule has 0 aliphatic carbocycles. The summed E-state index contributed by atoms with van der Waals surface area (Å²) in [5, 5.41) is 2.70. The van der Waals surface area contributed by atoms with E-state index in [1.807, 2.05) is 37.3 Å². The Labute approximate surface area is 188 Å². The molecule has 0 saturated heterocycles. The second-order valence-corrected chi connectivity index (χ2v) is 8.75. The minimum atomic E-state index is -3.86. The highest BCUT2D eigenvalue weighted by Crippen LogP contribution is 2.18. The Kier molecular flexibility index (Phi) is 7.86. The molecule has 0 aliphatic heterocycles. The van der Waals surface area contributed by atoms with E-state index in [0.717, 1.165) is 5.56 Å². The number of carbonyl (C=O) groups excluding carboxylic acids is 1. The van der Waals surface area contributed by atoms with Crippen molar-refractivity contribution in [1.29, 1.82) is 0 Å². The minimum absolute atomic E-state index is 0.0560. The quantitative estimate of drug-likeness (QED) is 0.484. The van der Waals surface area contributed by atoms with E-state index < -0.39 is 22.0 Å². The molecule has 0 radical (unpaired) electrons. The lowest BCUT2D eigenvalue weighted by atomic mass is 10.2. The van der Waals surface area contributed by atoms with Gasteiger partial charge in [-0.15, -0.1) is 0 Å². The van der Waals surface area contributed by atoms with Crippen LogP contribution in [0.4, 0.5) is 5.69 Å². The van der Waals surface area contributed by atoms with Gasteiger partial charge < -0.3 is 14.8 Å². The van der Waals surface area contributed by atoms with Crippen molar-refractivity contribution in [3.63, 3.8) is 0 Å². The zero-order valence-electron chi connectivity index (χ0n) is 17.9. The van der Waals surface area contributed by atoms with E-state index in [0.29, 0.717) is 30.4 Å². The van der Waals surface area contributed by atoms with Crippen LogP contribution in [-0.2, 0) is 21.4 Å². The molecule has 0 aromatic heterocycles. The molecular weight excluding hydrogens is 428 g/mol. The summed E-state index contributed by atoms with van der Waals surface area (Å²) in [6.45, 7) is 4.26. The molecule has 3 aromatic carbocycles. The van der Waals surface area contributed by atoms with Crippen molar-refractivity contribution in [2.24, 2.45) is 0 Å². The van der Waals surface area contributed by atoms with Gasteiger partial charge in [0.05, 0.1) is 17.5 Å². The summed E-state index contributed by atoms with van der Waals surface area (Å²) >= 11 is 0. The lowest BCUT2D eigenvalue weighted by Crippen LogP contribution is -2.41. The summed E-state index contributed by atoms with van der Waals surface area (Å²) in [7, 11) is -3.86. The van der Waals surface area contributed by atoms with Crippen LogP contribution < -0.4 is 19.5 Å². The minimum Gasteiger partial charge on any atom is -0.494 e. The number of rotatable bonds is 10. The van der Waals surface area contributed by atoms with E-state index in [1.54, 1.807) is 36.4 Å². The molecule has 0 saturated carbocycles. The number of nitrogens with one attached hydrogen (secondary N) is 2. The van der Waals surface area contributed by atoms with E-state index in [4.69, 9.17) is 9.47 Å². The number of ether oxygens (including phenoxy) is 2. The summed E-state index contributed by atoms with van der Waals surface area (Å²) in [4.78, 5) is 12.5. The number of carbonyl (C=O) groups is 1. The first-order valence-corrected chi connectivity index (χ1v) is 11.7. The average molecular weight is 455 g/mol. The molecule has 7 nitrogen and oxygen atoms in total. The van der Waals surface area contributed by atoms with Crippen molar-refractivity contribution < 1.29 is 22.7 Å². The molecule has 0 heterocycles. The second-order valence-electron chi connectivity index (χ2n) is 7.04. The highest BCUT2D eigenvalue weighted by atomic mass is 32.2. The van der Waals surface area contributed by atoms with E-state index in [9.17, 15) is 13.2 Å². The summed E-state index contributed by atoms with van der Waals surface area (Å²) in [5.41, 5.74) is 1.59. The maximum Gasteiger partial charge on any atom is 0.242 e. The number of hydrogen-bond donors (Lipinski definition) is 2. The number of sulfonamides is 1. The van der Waals surface area contributed by atoms with Crippen LogP contribution in [0, 0.1) is 0 Å². The predicted molar refractivity (Wildman–Crippen MR) is 123 cm³/mol. The smallest absolute Gasteiger partial charge is 0.242 e. The molecule has 3 aromatic rings. The van der Waals surface area contributed by atoms with Gasteiger partial charge in [0.1, 0.15) is 18.1 Å². The number of benzene rings is 3. The topological polar surface area (TPSA) is 93.7 Å². The lowest BCUT2D eigenvalue weighted by Gasteiger charge is -2.15.